The molecule has 0 saturated heterocycles. The number of thiophene rings is 1. The van der Waals surface area contributed by atoms with E-state index in [0.717, 1.165) is 0 Å². The fraction of sp³-hybridized carbons (Fsp3) is 0.375. The lowest BCUT2D eigenvalue weighted by molar-refractivity contribution is 0.483. The van der Waals surface area contributed by atoms with E-state index in [1.807, 2.05) is 11.3 Å². The Morgan fingerprint density at radius 1 is 1.22 bits per heavy atom. The number of nitrogens with one attached hydrogen (secondary N) is 1. The van der Waals surface area contributed by atoms with Gasteiger partial charge in [0, 0.05) is 21.7 Å². The van der Waals surface area contributed by atoms with Crippen molar-refractivity contribution in [3.05, 3.63) is 57.3 Å². The zero-order valence-electron chi connectivity index (χ0n) is 10.9. The molecule has 1 aromatic carbocycles. The Bertz CT molecular complexity index is 544. The Hall–Kier alpha value is -1.12. The Kier molecular flexibility index (Phi) is 3.23. The number of aryl methyl sites for hydroxylation is 2. The predicted octanol–water partition coefficient (Wildman–Crippen LogP) is 4.05. The van der Waals surface area contributed by atoms with Crippen molar-refractivity contribution >= 4 is 11.3 Å². The maximum atomic E-state index is 3.52. The van der Waals surface area contributed by atoms with Gasteiger partial charge in [-0.3, -0.25) is 0 Å². The molecule has 0 amide bonds. The van der Waals surface area contributed by atoms with Crippen molar-refractivity contribution < 1.29 is 0 Å². The molecule has 2 heteroatoms. The van der Waals surface area contributed by atoms with E-state index in [1.165, 1.54) is 28.2 Å². The van der Waals surface area contributed by atoms with Crippen molar-refractivity contribution in [3.63, 3.8) is 0 Å². The van der Waals surface area contributed by atoms with Crippen LogP contribution in [-0.2, 0) is 6.42 Å². The highest BCUT2D eigenvalue weighted by Gasteiger charge is 2.30. The van der Waals surface area contributed by atoms with Gasteiger partial charge >= 0.3 is 0 Å². The number of likely N-dealkylation sites (N-methyl/N-ethyl adjacent to an activating group) is 1. The van der Waals surface area contributed by atoms with Gasteiger partial charge in [-0.2, -0.15) is 0 Å². The quantitative estimate of drug-likeness (QED) is 0.875. The minimum atomic E-state index is 0.465. The van der Waals surface area contributed by atoms with Crippen LogP contribution in [0.15, 0.2) is 36.4 Å². The molecule has 2 atom stereocenters. The van der Waals surface area contributed by atoms with Gasteiger partial charge in [-0.05, 0) is 50.1 Å². The molecule has 2 aromatic rings. The van der Waals surface area contributed by atoms with Crippen LogP contribution in [0.3, 0.4) is 0 Å². The first-order valence-electron chi connectivity index (χ1n) is 6.61. The maximum absolute atomic E-state index is 3.52. The predicted molar refractivity (Wildman–Crippen MR) is 78.4 cm³/mol. The maximum Gasteiger partial charge on any atom is 0.0482 e. The molecule has 1 N–H and O–H groups in total. The standard InChI is InChI=1S/C16H19NS/c1-11-7-10-15(18-11)16(17-2)14-9-8-12-5-3-4-6-13(12)14/h3-7,10,14,16-17H,8-9H2,1-2H3. The average Bonchev–Trinajstić information content (AvgIpc) is 2.98. The topological polar surface area (TPSA) is 12.0 Å². The minimum Gasteiger partial charge on any atom is -0.312 e. The average molecular weight is 257 g/mol. The summed E-state index contributed by atoms with van der Waals surface area (Å²) in [4.78, 5) is 2.87. The summed E-state index contributed by atoms with van der Waals surface area (Å²) in [5, 5.41) is 3.52. The smallest absolute Gasteiger partial charge is 0.0482 e. The molecule has 0 bridgehead atoms. The van der Waals surface area contributed by atoms with Crippen LogP contribution < -0.4 is 5.32 Å². The highest BCUT2D eigenvalue weighted by Crippen LogP contribution is 2.42. The van der Waals surface area contributed by atoms with Crippen LogP contribution in [0.1, 0.15) is 39.3 Å². The molecular weight excluding hydrogens is 238 g/mol. The minimum absolute atomic E-state index is 0.465. The second-order valence-corrected chi connectivity index (χ2v) is 6.38. The molecule has 1 aliphatic carbocycles. The molecule has 0 saturated carbocycles. The summed E-state index contributed by atoms with van der Waals surface area (Å²) in [6, 6.07) is 13.9. The Morgan fingerprint density at radius 2 is 2.06 bits per heavy atom. The molecule has 18 heavy (non-hydrogen) atoms. The molecule has 2 unspecified atom stereocenters. The molecule has 1 heterocycles. The SMILES string of the molecule is CNC(c1ccc(C)s1)C1CCc2ccccc21. The summed E-state index contributed by atoms with van der Waals surface area (Å²) in [6.07, 6.45) is 2.49. The number of fused-ring (bicyclic) bond motifs is 1. The normalized spacial score (nSPS) is 19.8. The molecule has 0 fully saturated rings. The van der Waals surface area contributed by atoms with Crippen molar-refractivity contribution in [2.45, 2.75) is 31.7 Å². The van der Waals surface area contributed by atoms with E-state index in [2.05, 4.69) is 55.7 Å². The molecule has 0 radical (unpaired) electrons. The van der Waals surface area contributed by atoms with Crippen LogP contribution in [0.5, 0.6) is 0 Å². The lowest BCUT2D eigenvalue weighted by atomic mass is 9.92. The van der Waals surface area contributed by atoms with Crippen molar-refractivity contribution in [1.29, 1.82) is 0 Å². The molecule has 1 aromatic heterocycles. The van der Waals surface area contributed by atoms with E-state index in [1.54, 1.807) is 5.56 Å². The van der Waals surface area contributed by atoms with Crippen LogP contribution in [-0.4, -0.2) is 7.05 Å². The van der Waals surface area contributed by atoms with Gasteiger partial charge in [0.15, 0.2) is 0 Å². The van der Waals surface area contributed by atoms with Gasteiger partial charge in [0.25, 0.3) is 0 Å². The fourth-order valence-corrected chi connectivity index (χ4v) is 4.15. The van der Waals surface area contributed by atoms with Gasteiger partial charge in [-0.15, -0.1) is 11.3 Å². The zero-order valence-corrected chi connectivity index (χ0v) is 11.8. The second-order valence-electron chi connectivity index (χ2n) is 5.06. The first-order chi connectivity index (χ1) is 8.79. The van der Waals surface area contributed by atoms with Crippen LogP contribution in [0.2, 0.25) is 0 Å². The van der Waals surface area contributed by atoms with E-state index in [4.69, 9.17) is 0 Å². The Balaban J connectivity index is 1.95. The monoisotopic (exact) mass is 257 g/mol. The van der Waals surface area contributed by atoms with Gasteiger partial charge in [-0.1, -0.05) is 24.3 Å². The third kappa shape index (κ3) is 2.00. The molecule has 1 aliphatic rings. The van der Waals surface area contributed by atoms with Gasteiger partial charge in [-0.25, -0.2) is 0 Å². The van der Waals surface area contributed by atoms with E-state index in [0.29, 0.717) is 12.0 Å². The summed E-state index contributed by atoms with van der Waals surface area (Å²) in [5.74, 6) is 0.629. The lowest BCUT2D eigenvalue weighted by Crippen LogP contribution is -2.21. The van der Waals surface area contributed by atoms with Crippen molar-refractivity contribution in [2.75, 3.05) is 7.05 Å². The fourth-order valence-electron chi connectivity index (χ4n) is 3.10. The first kappa shape index (κ1) is 11.9. The second kappa shape index (κ2) is 4.87. The van der Waals surface area contributed by atoms with Crippen molar-refractivity contribution in [3.8, 4) is 0 Å². The number of rotatable bonds is 3. The van der Waals surface area contributed by atoms with Gasteiger partial charge < -0.3 is 5.32 Å². The van der Waals surface area contributed by atoms with Crippen molar-refractivity contribution in [2.24, 2.45) is 0 Å². The molecule has 0 aliphatic heterocycles. The van der Waals surface area contributed by atoms with Gasteiger partial charge in [0.2, 0.25) is 0 Å². The first-order valence-corrected chi connectivity index (χ1v) is 7.42. The molecule has 3 rings (SSSR count). The van der Waals surface area contributed by atoms with Gasteiger partial charge in [0.05, 0.1) is 0 Å². The molecule has 0 spiro atoms. The third-order valence-corrected chi connectivity index (χ3v) is 5.04. The third-order valence-electron chi connectivity index (χ3n) is 3.96. The van der Waals surface area contributed by atoms with E-state index in [9.17, 15) is 0 Å². The van der Waals surface area contributed by atoms with Crippen LogP contribution in [0.25, 0.3) is 0 Å². The molecular formula is C16H19NS. The van der Waals surface area contributed by atoms with Crippen LogP contribution in [0.4, 0.5) is 0 Å². The summed E-state index contributed by atoms with van der Waals surface area (Å²) in [5.41, 5.74) is 3.08. The molecule has 94 valence electrons. The summed E-state index contributed by atoms with van der Waals surface area (Å²) in [6.45, 7) is 2.18. The summed E-state index contributed by atoms with van der Waals surface area (Å²) in [7, 11) is 2.08. The molecule has 1 nitrogen and oxygen atoms in total. The van der Waals surface area contributed by atoms with Crippen LogP contribution >= 0.6 is 11.3 Å². The highest BCUT2D eigenvalue weighted by molar-refractivity contribution is 7.12. The number of benzene rings is 1. The number of hydrogen-bond acceptors (Lipinski definition) is 2. The van der Waals surface area contributed by atoms with Crippen LogP contribution in [0, 0.1) is 6.92 Å². The summed E-state index contributed by atoms with van der Waals surface area (Å²) < 4.78 is 0. The number of hydrogen-bond donors (Lipinski definition) is 1. The van der Waals surface area contributed by atoms with E-state index in [-0.39, 0.29) is 0 Å². The largest absolute Gasteiger partial charge is 0.312 e. The zero-order chi connectivity index (χ0) is 12.5. The summed E-state index contributed by atoms with van der Waals surface area (Å²) >= 11 is 1.92. The highest BCUT2D eigenvalue weighted by atomic mass is 32.1. The van der Waals surface area contributed by atoms with Gasteiger partial charge in [0.1, 0.15) is 0 Å². The van der Waals surface area contributed by atoms with E-state index >= 15 is 0 Å². The Labute approximate surface area is 113 Å². The Morgan fingerprint density at radius 3 is 2.78 bits per heavy atom. The van der Waals surface area contributed by atoms with E-state index < -0.39 is 0 Å². The van der Waals surface area contributed by atoms with Crippen molar-refractivity contribution in [1.82, 2.24) is 5.32 Å². The lowest BCUT2D eigenvalue weighted by Gasteiger charge is -2.23.